The Morgan fingerprint density at radius 3 is 1.25 bits per heavy atom. The van der Waals surface area contributed by atoms with Crippen molar-refractivity contribution in [2.24, 2.45) is 0 Å². The molecule has 0 spiro atoms. The molecule has 0 heterocycles. The van der Waals surface area contributed by atoms with Crippen LogP contribution in [0.4, 0.5) is 0 Å². The SMILES string of the molecule is O=C(O)c1cccc(-c2c3c(c(C(=O)O)c(C(=O)O)c2-c2cccc(C(=O)O)c2C(=O)O)CCCC3)c1C(=O)O. The molecule has 204 valence electrons. The van der Waals surface area contributed by atoms with Gasteiger partial charge in [0, 0.05) is 5.56 Å². The van der Waals surface area contributed by atoms with E-state index in [4.69, 9.17) is 0 Å². The van der Waals surface area contributed by atoms with Gasteiger partial charge < -0.3 is 30.6 Å². The van der Waals surface area contributed by atoms with Gasteiger partial charge in [-0.15, -0.1) is 0 Å². The van der Waals surface area contributed by atoms with Crippen molar-refractivity contribution in [3.8, 4) is 22.3 Å². The van der Waals surface area contributed by atoms with Crippen LogP contribution in [0.5, 0.6) is 0 Å². The normalized spacial score (nSPS) is 12.3. The quantitative estimate of drug-likeness (QED) is 0.234. The standard InChI is InChI=1S/C28H20O12/c29-23(30)15-9-3-7-13(18(15)25(33)34)17-11-5-1-2-6-12(11)21(27(37)38)22(28(39)40)20(17)14-8-4-10-16(24(31)32)19(14)26(35)36/h3-4,7-10H,1-2,5-6H2,(H,29,30)(H,31,32)(H,33,34)(H,35,36)(H,37,38)(H,39,40). The molecule has 0 unspecified atom stereocenters. The lowest BCUT2D eigenvalue weighted by molar-refractivity contribution is 0.0649. The summed E-state index contributed by atoms with van der Waals surface area (Å²) in [5, 5.41) is 59.9. The molecule has 6 N–H and O–H groups in total. The predicted molar refractivity (Wildman–Crippen MR) is 136 cm³/mol. The number of hydrogen-bond acceptors (Lipinski definition) is 6. The predicted octanol–water partition coefficient (Wildman–Crippen LogP) is 4.09. The molecule has 12 nitrogen and oxygen atoms in total. The van der Waals surface area contributed by atoms with E-state index in [0.717, 1.165) is 24.3 Å². The Hall–Kier alpha value is -5.52. The van der Waals surface area contributed by atoms with E-state index in [-0.39, 0.29) is 35.1 Å². The van der Waals surface area contributed by atoms with Crippen molar-refractivity contribution < 1.29 is 59.4 Å². The summed E-state index contributed by atoms with van der Waals surface area (Å²) >= 11 is 0. The molecule has 0 amide bonds. The maximum Gasteiger partial charge on any atom is 0.337 e. The molecule has 0 saturated heterocycles. The minimum atomic E-state index is -1.79. The van der Waals surface area contributed by atoms with Crippen molar-refractivity contribution in [1.29, 1.82) is 0 Å². The number of fused-ring (bicyclic) bond motifs is 1. The van der Waals surface area contributed by atoms with Crippen LogP contribution in [0, 0.1) is 0 Å². The molecule has 3 aromatic carbocycles. The first-order valence-electron chi connectivity index (χ1n) is 11.8. The average Bonchev–Trinajstić information content (AvgIpc) is 2.90. The first-order valence-corrected chi connectivity index (χ1v) is 11.8. The fourth-order valence-electron chi connectivity index (χ4n) is 5.36. The monoisotopic (exact) mass is 548 g/mol. The second kappa shape index (κ2) is 10.3. The molecule has 12 heteroatoms. The van der Waals surface area contributed by atoms with Crippen LogP contribution in [0.2, 0.25) is 0 Å². The molecule has 0 aromatic heterocycles. The first-order chi connectivity index (χ1) is 18.9. The van der Waals surface area contributed by atoms with E-state index < -0.39 is 80.3 Å². The van der Waals surface area contributed by atoms with Gasteiger partial charge in [0.1, 0.15) is 0 Å². The highest BCUT2D eigenvalue weighted by Crippen LogP contribution is 2.47. The molecule has 0 bridgehead atoms. The van der Waals surface area contributed by atoms with E-state index in [1.54, 1.807) is 0 Å². The Kier molecular flexibility index (Phi) is 7.10. The molecule has 0 saturated carbocycles. The van der Waals surface area contributed by atoms with Gasteiger partial charge >= 0.3 is 35.8 Å². The number of carboxylic acids is 6. The van der Waals surface area contributed by atoms with Crippen molar-refractivity contribution in [3.05, 3.63) is 80.9 Å². The van der Waals surface area contributed by atoms with E-state index in [2.05, 4.69) is 0 Å². The highest BCUT2D eigenvalue weighted by atomic mass is 16.4. The van der Waals surface area contributed by atoms with Gasteiger partial charge in [0.2, 0.25) is 0 Å². The number of aromatic carboxylic acids is 6. The largest absolute Gasteiger partial charge is 0.478 e. The van der Waals surface area contributed by atoms with Gasteiger partial charge in [0.15, 0.2) is 0 Å². The van der Waals surface area contributed by atoms with Crippen molar-refractivity contribution in [1.82, 2.24) is 0 Å². The summed E-state index contributed by atoms with van der Waals surface area (Å²) < 4.78 is 0. The molecule has 1 aliphatic rings. The van der Waals surface area contributed by atoms with Crippen LogP contribution in [0.3, 0.4) is 0 Å². The van der Waals surface area contributed by atoms with E-state index in [9.17, 15) is 59.4 Å². The van der Waals surface area contributed by atoms with Crippen LogP contribution in [-0.4, -0.2) is 66.5 Å². The Labute approximate surface area is 224 Å². The van der Waals surface area contributed by atoms with Gasteiger partial charge in [-0.1, -0.05) is 24.3 Å². The number of benzene rings is 3. The molecule has 0 aliphatic heterocycles. The minimum Gasteiger partial charge on any atom is -0.478 e. The molecule has 4 rings (SSSR count). The Balaban J connectivity index is 2.40. The molecule has 3 aromatic rings. The van der Waals surface area contributed by atoms with Crippen LogP contribution in [0.15, 0.2) is 36.4 Å². The van der Waals surface area contributed by atoms with E-state index in [1.807, 2.05) is 0 Å². The lowest BCUT2D eigenvalue weighted by Gasteiger charge is -2.28. The number of rotatable bonds is 8. The minimum absolute atomic E-state index is 0.0956. The van der Waals surface area contributed by atoms with Crippen LogP contribution < -0.4 is 0 Å². The lowest BCUT2D eigenvalue weighted by atomic mass is 9.74. The van der Waals surface area contributed by atoms with Crippen molar-refractivity contribution in [2.75, 3.05) is 0 Å². The Morgan fingerprint density at radius 2 is 0.850 bits per heavy atom. The third-order valence-electron chi connectivity index (χ3n) is 6.81. The summed E-state index contributed by atoms with van der Waals surface area (Å²) in [6, 6.07) is 6.69. The van der Waals surface area contributed by atoms with Gasteiger partial charge in [0.05, 0.1) is 33.4 Å². The fourth-order valence-corrected chi connectivity index (χ4v) is 5.36. The van der Waals surface area contributed by atoms with Crippen LogP contribution >= 0.6 is 0 Å². The maximum absolute atomic E-state index is 12.7. The van der Waals surface area contributed by atoms with E-state index in [0.29, 0.717) is 12.8 Å². The summed E-state index contributed by atoms with van der Waals surface area (Å²) in [6.07, 6.45) is 1.19. The maximum atomic E-state index is 12.7. The Bertz CT molecular complexity index is 1660. The summed E-state index contributed by atoms with van der Waals surface area (Å²) in [7, 11) is 0. The van der Waals surface area contributed by atoms with Gasteiger partial charge in [-0.25, -0.2) is 28.8 Å². The molecular formula is C28H20O12. The summed E-state index contributed by atoms with van der Waals surface area (Å²) in [5.74, 6) is -10.1. The highest BCUT2D eigenvalue weighted by Gasteiger charge is 2.36. The van der Waals surface area contributed by atoms with Crippen molar-refractivity contribution in [3.63, 3.8) is 0 Å². The van der Waals surface area contributed by atoms with Gasteiger partial charge in [-0.05, 0) is 65.6 Å². The second-order valence-corrected chi connectivity index (χ2v) is 8.95. The Morgan fingerprint density at radius 1 is 0.450 bits per heavy atom. The van der Waals surface area contributed by atoms with Gasteiger partial charge in [-0.3, -0.25) is 0 Å². The highest BCUT2D eigenvalue weighted by molar-refractivity contribution is 6.17. The summed E-state index contributed by atoms with van der Waals surface area (Å²) in [4.78, 5) is 73.9. The molecule has 0 fully saturated rings. The molecular weight excluding hydrogens is 528 g/mol. The van der Waals surface area contributed by atoms with E-state index in [1.165, 1.54) is 12.1 Å². The topological polar surface area (TPSA) is 224 Å². The zero-order valence-corrected chi connectivity index (χ0v) is 20.4. The average molecular weight is 548 g/mol. The van der Waals surface area contributed by atoms with Crippen LogP contribution in [0.25, 0.3) is 22.3 Å². The van der Waals surface area contributed by atoms with Gasteiger partial charge in [-0.2, -0.15) is 0 Å². The molecule has 0 radical (unpaired) electrons. The first kappa shape index (κ1) is 27.5. The van der Waals surface area contributed by atoms with Crippen molar-refractivity contribution >= 4 is 35.8 Å². The lowest BCUT2D eigenvalue weighted by Crippen LogP contribution is -2.21. The third kappa shape index (κ3) is 4.41. The zero-order chi connectivity index (χ0) is 29.5. The smallest absolute Gasteiger partial charge is 0.337 e. The molecule has 0 atom stereocenters. The van der Waals surface area contributed by atoms with Crippen molar-refractivity contribution in [2.45, 2.75) is 25.7 Å². The number of carbonyl (C=O) groups is 6. The second-order valence-electron chi connectivity index (χ2n) is 8.95. The molecule has 40 heavy (non-hydrogen) atoms. The zero-order valence-electron chi connectivity index (χ0n) is 20.4. The summed E-state index contributed by atoms with van der Waals surface area (Å²) in [6.45, 7) is 0. The molecule has 1 aliphatic carbocycles. The number of hydrogen-bond donors (Lipinski definition) is 6. The van der Waals surface area contributed by atoms with E-state index >= 15 is 0 Å². The van der Waals surface area contributed by atoms with Crippen LogP contribution in [-0.2, 0) is 12.8 Å². The van der Waals surface area contributed by atoms with Crippen LogP contribution in [0.1, 0.15) is 86.1 Å². The fraction of sp³-hybridized carbons (Fsp3) is 0.143. The van der Waals surface area contributed by atoms with Gasteiger partial charge in [0.25, 0.3) is 0 Å². The summed E-state index contributed by atoms with van der Waals surface area (Å²) in [5.41, 5.74) is -5.61. The third-order valence-corrected chi connectivity index (χ3v) is 6.81. The number of carboxylic acid groups (broad SMARTS) is 6.